The predicted octanol–water partition coefficient (Wildman–Crippen LogP) is 1.66. The van der Waals surface area contributed by atoms with E-state index in [9.17, 15) is 14.7 Å². The molecule has 1 atom stereocenters. The van der Waals surface area contributed by atoms with E-state index in [-0.39, 0.29) is 5.91 Å². The van der Waals surface area contributed by atoms with E-state index in [2.05, 4.69) is 10.1 Å². The number of aliphatic carboxylic acids is 1. The standard InChI is InChI=1S/C16H18N4O3/c1-11-8-12(5-6-13(11)20-10-17-9-18-20)15(21)19-7-3-2-4-14(19)16(22)23/h5-6,8-10,14H,2-4,7H2,1H3,(H,22,23). The predicted molar refractivity (Wildman–Crippen MR) is 82.4 cm³/mol. The molecule has 0 radical (unpaired) electrons. The highest BCUT2D eigenvalue weighted by Gasteiger charge is 2.32. The molecule has 0 saturated carbocycles. The lowest BCUT2D eigenvalue weighted by molar-refractivity contribution is -0.143. The highest BCUT2D eigenvalue weighted by atomic mass is 16.4. The molecule has 120 valence electrons. The van der Waals surface area contributed by atoms with Gasteiger partial charge in [-0.25, -0.2) is 14.5 Å². The number of carbonyl (C=O) groups is 2. The van der Waals surface area contributed by atoms with E-state index >= 15 is 0 Å². The molecular weight excluding hydrogens is 296 g/mol. The van der Waals surface area contributed by atoms with Crippen LogP contribution in [0.15, 0.2) is 30.9 Å². The maximum atomic E-state index is 12.7. The van der Waals surface area contributed by atoms with Crippen LogP contribution in [0.2, 0.25) is 0 Å². The molecule has 2 heterocycles. The van der Waals surface area contributed by atoms with Crippen LogP contribution in [-0.2, 0) is 4.79 Å². The quantitative estimate of drug-likeness (QED) is 0.930. The van der Waals surface area contributed by atoms with E-state index in [0.717, 1.165) is 24.1 Å². The van der Waals surface area contributed by atoms with Gasteiger partial charge in [0.05, 0.1) is 5.69 Å². The van der Waals surface area contributed by atoms with Crippen molar-refractivity contribution < 1.29 is 14.7 Å². The van der Waals surface area contributed by atoms with Crippen LogP contribution in [-0.4, -0.2) is 49.2 Å². The minimum Gasteiger partial charge on any atom is -0.480 e. The Kier molecular flexibility index (Phi) is 4.10. The normalized spacial score (nSPS) is 18.0. The molecule has 7 nitrogen and oxygen atoms in total. The fourth-order valence-electron chi connectivity index (χ4n) is 2.98. The molecule has 3 rings (SSSR count). The molecule has 0 aliphatic carbocycles. The summed E-state index contributed by atoms with van der Waals surface area (Å²) in [4.78, 5) is 29.4. The third kappa shape index (κ3) is 2.94. The number of aromatic nitrogens is 3. The molecule has 1 saturated heterocycles. The van der Waals surface area contributed by atoms with Crippen molar-refractivity contribution in [2.45, 2.75) is 32.2 Å². The van der Waals surface area contributed by atoms with E-state index < -0.39 is 12.0 Å². The molecule has 2 aromatic rings. The number of likely N-dealkylation sites (tertiary alicyclic amines) is 1. The first-order valence-electron chi connectivity index (χ1n) is 7.57. The molecule has 0 spiro atoms. The lowest BCUT2D eigenvalue weighted by Gasteiger charge is -2.33. The summed E-state index contributed by atoms with van der Waals surface area (Å²) >= 11 is 0. The van der Waals surface area contributed by atoms with Crippen LogP contribution in [0.3, 0.4) is 0 Å². The molecule has 1 amide bonds. The number of hydrogen-bond donors (Lipinski definition) is 1. The van der Waals surface area contributed by atoms with Gasteiger partial charge < -0.3 is 10.0 Å². The summed E-state index contributed by atoms with van der Waals surface area (Å²) < 4.78 is 1.63. The third-order valence-corrected chi connectivity index (χ3v) is 4.16. The molecule has 1 N–H and O–H groups in total. The van der Waals surface area contributed by atoms with Crippen molar-refractivity contribution in [2.75, 3.05) is 6.54 Å². The summed E-state index contributed by atoms with van der Waals surface area (Å²) in [6.07, 6.45) is 5.23. The lowest BCUT2D eigenvalue weighted by atomic mass is 10.00. The van der Waals surface area contributed by atoms with Gasteiger partial charge in [0.2, 0.25) is 0 Å². The molecule has 23 heavy (non-hydrogen) atoms. The maximum Gasteiger partial charge on any atom is 0.326 e. The number of carboxylic acids is 1. The monoisotopic (exact) mass is 314 g/mol. The zero-order valence-corrected chi connectivity index (χ0v) is 12.8. The van der Waals surface area contributed by atoms with Gasteiger partial charge in [-0.2, -0.15) is 5.10 Å². The summed E-state index contributed by atoms with van der Waals surface area (Å²) in [5.41, 5.74) is 2.22. The summed E-state index contributed by atoms with van der Waals surface area (Å²) in [5.74, 6) is -1.17. The highest BCUT2D eigenvalue weighted by Crippen LogP contribution is 2.22. The molecule has 1 fully saturated rings. The first-order valence-corrected chi connectivity index (χ1v) is 7.57. The topological polar surface area (TPSA) is 88.3 Å². The number of nitrogens with zero attached hydrogens (tertiary/aromatic N) is 4. The largest absolute Gasteiger partial charge is 0.480 e. The van der Waals surface area contributed by atoms with Crippen LogP contribution in [0.4, 0.5) is 0 Å². The first kappa shape index (κ1) is 15.2. The van der Waals surface area contributed by atoms with Crippen molar-refractivity contribution in [1.29, 1.82) is 0 Å². The number of aryl methyl sites for hydroxylation is 1. The second-order valence-corrected chi connectivity index (χ2v) is 5.69. The Morgan fingerprint density at radius 2 is 2.13 bits per heavy atom. The zero-order chi connectivity index (χ0) is 16.4. The van der Waals surface area contributed by atoms with Gasteiger partial charge >= 0.3 is 5.97 Å². The van der Waals surface area contributed by atoms with Crippen LogP contribution in [0.25, 0.3) is 5.69 Å². The Labute approximate surface area is 133 Å². The van der Waals surface area contributed by atoms with Crippen molar-refractivity contribution in [1.82, 2.24) is 19.7 Å². The van der Waals surface area contributed by atoms with E-state index in [1.165, 1.54) is 11.2 Å². The number of carbonyl (C=O) groups excluding carboxylic acids is 1. The molecule has 7 heteroatoms. The zero-order valence-electron chi connectivity index (χ0n) is 12.8. The Balaban J connectivity index is 1.87. The van der Waals surface area contributed by atoms with Crippen molar-refractivity contribution in [3.05, 3.63) is 42.0 Å². The van der Waals surface area contributed by atoms with Gasteiger partial charge in [0.25, 0.3) is 5.91 Å². The number of piperidine rings is 1. The highest BCUT2D eigenvalue weighted by molar-refractivity contribution is 5.97. The second-order valence-electron chi connectivity index (χ2n) is 5.69. The van der Waals surface area contributed by atoms with E-state index in [0.29, 0.717) is 18.5 Å². The van der Waals surface area contributed by atoms with Crippen LogP contribution in [0.5, 0.6) is 0 Å². The van der Waals surface area contributed by atoms with Gasteiger partial charge in [-0.15, -0.1) is 0 Å². The summed E-state index contributed by atoms with van der Waals surface area (Å²) in [7, 11) is 0. The van der Waals surface area contributed by atoms with E-state index in [4.69, 9.17) is 0 Å². The average Bonchev–Trinajstić information content (AvgIpc) is 3.08. The maximum absolute atomic E-state index is 12.7. The van der Waals surface area contributed by atoms with Crippen molar-refractivity contribution in [3.8, 4) is 5.69 Å². The van der Waals surface area contributed by atoms with Gasteiger partial charge in [-0.1, -0.05) is 0 Å². The molecule has 1 aromatic heterocycles. The third-order valence-electron chi connectivity index (χ3n) is 4.16. The minimum atomic E-state index is -0.936. The van der Waals surface area contributed by atoms with Crippen molar-refractivity contribution in [2.24, 2.45) is 0 Å². The van der Waals surface area contributed by atoms with E-state index in [1.807, 2.05) is 6.92 Å². The first-order chi connectivity index (χ1) is 11.1. The molecular formula is C16H18N4O3. The van der Waals surface area contributed by atoms with Gasteiger partial charge in [-0.05, 0) is 49.9 Å². The Morgan fingerprint density at radius 3 is 2.78 bits per heavy atom. The van der Waals surface area contributed by atoms with Gasteiger partial charge in [0.15, 0.2) is 0 Å². The lowest BCUT2D eigenvalue weighted by Crippen LogP contribution is -2.48. The molecule has 1 aromatic carbocycles. The smallest absolute Gasteiger partial charge is 0.326 e. The summed E-state index contributed by atoms with van der Waals surface area (Å²) in [6.45, 7) is 2.37. The fourth-order valence-corrected chi connectivity index (χ4v) is 2.98. The van der Waals surface area contributed by atoms with Gasteiger partial charge in [-0.3, -0.25) is 4.79 Å². The average molecular weight is 314 g/mol. The van der Waals surface area contributed by atoms with Crippen LogP contribution in [0, 0.1) is 6.92 Å². The van der Waals surface area contributed by atoms with Crippen LogP contribution >= 0.6 is 0 Å². The second kappa shape index (κ2) is 6.20. The summed E-state index contributed by atoms with van der Waals surface area (Å²) in [6, 6.07) is 4.55. The number of amides is 1. The van der Waals surface area contributed by atoms with Crippen molar-refractivity contribution in [3.63, 3.8) is 0 Å². The van der Waals surface area contributed by atoms with Gasteiger partial charge in [0, 0.05) is 12.1 Å². The fraction of sp³-hybridized carbons (Fsp3) is 0.375. The molecule has 1 aliphatic rings. The number of rotatable bonds is 3. The number of carboxylic acid groups (broad SMARTS) is 1. The Hall–Kier alpha value is -2.70. The Morgan fingerprint density at radius 1 is 1.30 bits per heavy atom. The SMILES string of the molecule is Cc1cc(C(=O)N2CCCCC2C(=O)O)ccc1-n1cncn1. The van der Waals surface area contributed by atoms with Gasteiger partial charge in [0.1, 0.15) is 18.7 Å². The number of benzene rings is 1. The Bertz CT molecular complexity index is 727. The number of hydrogen-bond acceptors (Lipinski definition) is 4. The molecule has 1 unspecified atom stereocenters. The minimum absolute atomic E-state index is 0.231. The molecule has 1 aliphatic heterocycles. The summed E-state index contributed by atoms with van der Waals surface area (Å²) in [5, 5.41) is 13.4. The molecule has 0 bridgehead atoms. The van der Waals surface area contributed by atoms with Crippen LogP contribution in [0.1, 0.15) is 35.2 Å². The van der Waals surface area contributed by atoms with Crippen LogP contribution < -0.4 is 0 Å². The van der Waals surface area contributed by atoms with Crippen molar-refractivity contribution >= 4 is 11.9 Å². The van der Waals surface area contributed by atoms with E-state index in [1.54, 1.807) is 29.2 Å².